The maximum absolute atomic E-state index is 12.2. The quantitative estimate of drug-likeness (QED) is 0.764. The Kier molecular flexibility index (Phi) is 5.21. The molecule has 2 aromatic rings. The van der Waals surface area contributed by atoms with Gasteiger partial charge in [-0.15, -0.1) is 0 Å². The number of aliphatic imine (C=N–C) groups is 1. The molecule has 1 aliphatic rings. The number of carbonyl (C=O) groups is 2. The summed E-state index contributed by atoms with van der Waals surface area (Å²) in [7, 11) is 0. The number of anilines is 1. The maximum Gasteiger partial charge on any atom is 0.255 e. The van der Waals surface area contributed by atoms with E-state index in [1.54, 1.807) is 36.4 Å². The number of aliphatic hydroxyl groups excluding tert-OH is 1. The summed E-state index contributed by atoms with van der Waals surface area (Å²) in [5.41, 5.74) is 1.92. The van der Waals surface area contributed by atoms with Crippen LogP contribution in [-0.2, 0) is 4.79 Å². The number of benzene rings is 2. The van der Waals surface area contributed by atoms with Crippen LogP contribution in [0.25, 0.3) is 0 Å². The van der Waals surface area contributed by atoms with E-state index < -0.39 is 0 Å². The third-order valence-electron chi connectivity index (χ3n) is 4.40. The zero-order valence-corrected chi connectivity index (χ0v) is 15.4. The first-order chi connectivity index (χ1) is 12.8. The van der Waals surface area contributed by atoms with E-state index in [4.69, 9.17) is 0 Å². The summed E-state index contributed by atoms with van der Waals surface area (Å²) in [6.07, 6.45) is 2.28. The molecule has 0 unspecified atom stereocenters. The maximum atomic E-state index is 12.2. The van der Waals surface area contributed by atoms with Crippen LogP contribution in [0, 0.1) is 5.41 Å². The van der Waals surface area contributed by atoms with Crippen LogP contribution in [0.5, 0.6) is 0 Å². The lowest BCUT2D eigenvalue weighted by molar-refractivity contribution is -0.117. The van der Waals surface area contributed by atoms with Gasteiger partial charge in [-0.3, -0.25) is 14.6 Å². The fourth-order valence-corrected chi connectivity index (χ4v) is 3.01. The van der Waals surface area contributed by atoms with E-state index in [-0.39, 0.29) is 28.4 Å². The van der Waals surface area contributed by atoms with Gasteiger partial charge in [0.05, 0.1) is 11.3 Å². The standard InChI is InChI=1S/C22H22N2O3/c1-22(2)12-19(25)18(20(26)13-22)14-23-16-8-10-17(11-9-16)24-21(27)15-6-4-3-5-7-15/h3-11,14,25H,12-13H2,1-2H3,(H,24,27). The lowest BCUT2D eigenvalue weighted by Crippen LogP contribution is -2.26. The molecule has 0 aliphatic heterocycles. The van der Waals surface area contributed by atoms with Gasteiger partial charge in [0.2, 0.25) is 0 Å². The Balaban J connectivity index is 1.68. The summed E-state index contributed by atoms with van der Waals surface area (Å²) in [6.45, 7) is 3.91. The molecule has 0 fully saturated rings. The van der Waals surface area contributed by atoms with E-state index in [0.717, 1.165) is 0 Å². The number of amides is 1. The molecule has 138 valence electrons. The van der Waals surface area contributed by atoms with Gasteiger partial charge in [-0.2, -0.15) is 0 Å². The molecule has 0 bridgehead atoms. The third kappa shape index (κ3) is 4.70. The average Bonchev–Trinajstić information content (AvgIpc) is 2.62. The highest BCUT2D eigenvalue weighted by atomic mass is 16.3. The van der Waals surface area contributed by atoms with Gasteiger partial charge in [-0.05, 0) is 41.8 Å². The second-order valence-corrected chi connectivity index (χ2v) is 7.43. The Morgan fingerprint density at radius 3 is 2.37 bits per heavy atom. The number of Topliss-reactive ketones (excluding diaryl/α,β-unsaturated/α-hetero) is 1. The first kappa shape index (κ1) is 18.6. The Morgan fingerprint density at radius 2 is 1.74 bits per heavy atom. The highest BCUT2D eigenvalue weighted by Gasteiger charge is 2.32. The predicted molar refractivity (Wildman–Crippen MR) is 107 cm³/mol. The van der Waals surface area contributed by atoms with Gasteiger partial charge in [0.1, 0.15) is 5.76 Å². The summed E-state index contributed by atoms with van der Waals surface area (Å²) < 4.78 is 0. The molecule has 0 spiro atoms. The minimum Gasteiger partial charge on any atom is -0.511 e. The van der Waals surface area contributed by atoms with E-state index >= 15 is 0 Å². The minimum atomic E-state index is -0.225. The van der Waals surface area contributed by atoms with Gasteiger partial charge in [-0.1, -0.05) is 32.0 Å². The molecule has 5 heteroatoms. The van der Waals surface area contributed by atoms with Crippen LogP contribution < -0.4 is 5.32 Å². The highest BCUT2D eigenvalue weighted by Crippen LogP contribution is 2.35. The lowest BCUT2D eigenvalue weighted by Gasteiger charge is -2.28. The summed E-state index contributed by atoms with van der Waals surface area (Å²) >= 11 is 0. The first-order valence-corrected chi connectivity index (χ1v) is 8.80. The van der Waals surface area contributed by atoms with Crippen molar-refractivity contribution in [2.24, 2.45) is 10.4 Å². The molecule has 0 radical (unpaired) electrons. The molecule has 1 amide bonds. The van der Waals surface area contributed by atoms with Gasteiger partial charge in [0, 0.05) is 30.3 Å². The molecule has 2 N–H and O–H groups in total. The van der Waals surface area contributed by atoms with Crippen molar-refractivity contribution < 1.29 is 14.7 Å². The van der Waals surface area contributed by atoms with Crippen molar-refractivity contribution in [2.75, 3.05) is 5.32 Å². The van der Waals surface area contributed by atoms with E-state index in [1.165, 1.54) is 6.21 Å². The third-order valence-corrected chi connectivity index (χ3v) is 4.40. The molecular weight excluding hydrogens is 340 g/mol. The van der Waals surface area contributed by atoms with Crippen LogP contribution in [0.15, 0.2) is 70.9 Å². The van der Waals surface area contributed by atoms with Crippen molar-refractivity contribution >= 4 is 29.3 Å². The van der Waals surface area contributed by atoms with Crippen molar-refractivity contribution in [3.8, 4) is 0 Å². The number of hydrogen-bond donors (Lipinski definition) is 2. The van der Waals surface area contributed by atoms with Gasteiger partial charge in [-0.25, -0.2) is 0 Å². The number of allylic oxidation sites excluding steroid dienone is 2. The summed E-state index contributed by atoms with van der Waals surface area (Å²) in [6, 6.07) is 15.9. The molecule has 2 aromatic carbocycles. The first-order valence-electron chi connectivity index (χ1n) is 8.80. The molecule has 1 aliphatic carbocycles. The van der Waals surface area contributed by atoms with Gasteiger partial charge in [0.15, 0.2) is 5.78 Å². The fourth-order valence-electron chi connectivity index (χ4n) is 3.01. The monoisotopic (exact) mass is 362 g/mol. The Morgan fingerprint density at radius 1 is 1.07 bits per heavy atom. The van der Waals surface area contributed by atoms with Gasteiger partial charge >= 0.3 is 0 Å². The normalized spacial score (nSPS) is 16.6. The van der Waals surface area contributed by atoms with E-state index in [2.05, 4.69) is 10.3 Å². The number of nitrogens with one attached hydrogen (secondary N) is 1. The summed E-state index contributed by atoms with van der Waals surface area (Å²) in [5.74, 6) is -0.191. The fraction of sp³-hybridized carbons (Fsp3) is 0.227. The molecular formula is C22H22N2O3. The molecule has 0 aromatic heterocycles. The van der Waals surface area contributed by atoms with E-state index in [0.29, 0.717) is 29.8 Å². The topological polar surface area (TPSA) is 78.8 Å². The average molecular weight is 362 g/mol. The Labute approximate surface area is 158 Å². The smallest absolute Gasteiger partial charge is 0.255 e. The van der Waals surface area contributed by atoms with E-state index in [1.807, 2.05) is 32.0 Å². The number of rotatable bonds is 4. The van der Waals surface area contributed by atoms with Crippen LogP contribution in [0.3, 0.4) is 0 Å². The number of aliphatic hydroxyl groups is 1. The number of carbonyl (C=O) groups excluding carboxylic acids is 2. The summed E-state index contributed by atoms with van der Waals surface area (Å²) in [5, 5.41) is 12.9. The van der Waals surface area contributed by atoms with Crippen LogP contribution >= 0.6 is 0 Å². The van der Waals surface area contributed by atoms with E-state index in [9.17, 15) is 14.7 Å². The minimum absolute atomic E-state index is 0.0896. The van der Waals surface area contributed by atoms with Crippen molar-refractivity contribution in [1.29, 1.82) is 0 Å². The molecule has 3 rings (SSSR count). The summed E-state index contributed by atoms with van der Waals surface area (Å²) in [4.78, 5) is 28.6. The van der Waals surface area contributed by atoms with Crippen LogP contribution in [0.2, 0.25) is 0 Å². The van der Waals surface area contributed by atoms with Crippen LogP contribution in [0.1, 0.15) is 37.0 Å². The molecule has 0 saturated carbocycles. The Bertz CT molecular complexity index is 910. The SMILES string of the molecule is CC1(C)CC(=O)C(C=Nc2ccc(NC(=O)c3ccccc3)cc2)=C(O)C1. The molecule has 0 saturated heterocycles. The van der Waals surface area contributed by atoms with Gasteiger partial charge < -0.3 is 10.4 Å². The lowest BCUT2D eigenvalue weighted by atomic mass is 9.77. The molecule has 5 nitrogen and oxygen atoms in total. The number of nitrogens with zero attached hydrogens (tertiary/aromatic N) is 1. The molecule has 27 heavy (non-hydrogen) atoms. The van der Waals surface area contributed by atoms with Crippen LogP contribution in [-0.4, -0.2) is 23.0 Å². The molecule has 0 heterocycles. The van der Waals surface area contributed by atoms with Crippen molar-refractivity contribution in [3.63, 3.8) is 0 Å². The Hall–Kier alpha value is -3.21. The van der Waals surface area contributed by atoms with Crippen molar-refractivity contribution in [2.45, 2.75) is 26.7 Å². The zero-order chi connectivity index (χ0) is 19.4. The zero-order valence-electron chi connectivity index (χ0n) is 15.4. The largest absolute Gasteiger partial charge is 0.511 e. The predicted octanol–water partition coefficient (Wildman–Crippen LogP) is 4.84. The second kappa shape index (κ2) is 7.58. The van der Waals surface area contributed by atoms with Crippen LogP contribution in [0.4, 0.5) is 11.4 Å². The molecule has 0 atom stereocenters. The van der Waals surface area contributed by atoms with Crippen molar-refractivity contribution in [3.05, 3.63) is 71.5 Å². The number of hydrogen-bond acceptors (Lipinski definition) is 4. The second-order valence-electron chi connectivity index (χ2n) is 7.43. The highest BCUT2D eigenvalue weighted by molar-refractivity contribution is 6.15. The number of ketones is 1. The van der Waals surface area contributed by atoms with Crippen molar-refractivity contribution in [1.82, 2.24) is 0 Å². The van der Waals surface area contributed by atoms with Gasteiger partial charge in [0.25, 0.3) is 5.91 Å².